The Morgan fingerprint density at radius 2 is 1.05 bits per heavy atom. The van der Waals surface area contributed by atoms with Crippen molar-refractivity contribution in [1.82, 2.24) is 69.5 Å². The molecule has 9 aromatic rings. The summed E-state index contributed by atoms with van der Waals surface area (Å²) in [4.78, 5) is 39.7. The molecule has 0 saturated carbocycles. The number of aromatic nitrogens is 12. The lowest BCUT2D eigenvalue weighted by Crippen LogP contribution is -2.34. The Hall–Kier alpha value is -9.75. The van der Waals surface area contributed by atoms with Crippen molar-refractivity contribution in [2.24, 2.45) is 0 Å². The van der Waals surface area contributed by atoms with Crippen molar-refractivity contribution in [1.29, 1.82) is 0 Å². The molecule has 0 fully saturated rings. The van der Waals surface area contributed by atoms with Crippen LogP contribution in [0.25, 0.3) is 17.5 Å². The molecule has 10 N–H and O–H groups in total. The highest BCUT2D eigenvalue weighted by Gasteiger charge is 2.17. The van der Waals surface area contributed by atoms with Crippen LogP contribution in [0.1, 0.15) is 24.2 Å². The molecule has 0 bridgehead atoms. The van der Waals surface area contributed by atoms with Gasteiger partial charge >= 0.3 is 0 Å². The van der Waals surface area contributed by atoms with Gasteiger partial charge in [-0.2, -0.15) is 29.0 Å². The minimum absolute atomic E-state index is 0.0921. The number of hydrogen-bond acceptors (Lipinski definition) is 21. The van der Waals surface area contributed by atoms with Crippen LogP contribution in [0.2, 0.25) is 5.02 Å². The van der Waals surface area contributed by atoms with Gasteiger partial charge in [-0.05, 0) is 92.0 Å². The van der Waals surface area contributed by atoms with Crippen LogP contribution in [-0.2, 0) is 0 Å². The number of nitrogens with zero attached hydrogens (tertiary/aromatic N) is 13. The average Bonchev–Trinajstić information content (AvgIpc) is 4.14. The number of carbonyl (C=O) groups excluding carboxylic acids is 1. The average molecular weight is 1050 g/mol. The van der Waals surface area contributed by atoms with E-state index >= 15 is 0 Å². The zero-order chi connectivity index (χ0) is 54.0. The Bertz CT molecular complexity index is 3270. The normalized spacial score (nSPS) is 10.6. The van der Waals surface area contributed by atoms with Gasteiger partial charge in [-0.15, -0.1) is 15.3 Å². The summed E-state index contributed by atoms with van der Waals surface area (Å²) in [6.45, 7) is 7.62. The summed E-state index contributed by atoms with van der Waals surface area (Å²) in [5.74, 6) is 5.48. The molecule has 6 heterocycles. The van der Waals surface area contributed by atoms with E-state index in [9.17, 15) is 4.79 Å². The Balaban J connectivity index is 0.000000167. The van der Waals surface area contributed by atoms with Crippen LogP contribution in [0.5, 0.6) is 23.0 Å². The van der Waals surface area contributed by atoms with Gasteiger partial charge in [0.05, 0.1) is 44.8 Å². The van der Waals surface area contributed by atoms with E-state index in [2.05, 4.69) is 85.2 Å². The molecular formula is C50H57ClN20O5. The molecule has 26 heteroatoms. The second-order valence-electron chi connectivity index (χ2n) is 15.6. The molecule has 1 amide bonds. The lowest BCUT2D eigenvalue weighted by Gasteiger charge is -2.17. The van der Waals surface area contributed by atoms with E-state index in [4.69, 9.17) is 47.7 Å². The lowest BCUT2D eigenvalue weighted by molar-refractivity contribution is 0.0949. The number of nitrogen functional groups attached to an aromatic ring is 3. The minimum atomic E-state index is -0.0921. The number of benzene rings is 3. The predicted octanol–water partition coefficient (Wildman–Crippen LogP) is 6.72. The first-order valence-corrected chi connectivity index (χ1v) is 23.8. The van der Waals surface area contributed by atoms with Crippen molar-refractivity contribution in [3.63, 3.8) is 0 Å². The number of hydrogen-bond donors (Lipinski definition) is 7. The minimum Gasteiger partial charge on any atom is -0.495 e. The van der Waals surface area contributed by atoms with Gasteiger partial charge in [-0.1, -0.05) is 49.7 Å². The zero-order valence-electron chi connectivity index (χ0n) is 42.4. The molecule has 0 spiro atoms. The highest BCUT2D eigenvalue weighted by molar-refractivity contribution is 6.32. The van der Waals surface area contributed by atoms with E-state index in [0.717, 1.165) is 25.3 Å². The van der Waals surface area contributed by atoms with Crippen molar-refractivity contribution in [2.75, 3.05) is 87.8 Å². The third-order valence-corrected chi connectivity index (χ3v) is 11.2. The van der Waals surface area contributed by atoms with Crippen LogP contribution >= 0.6 is 11.6 Å². The van der Waals surface area contributed by atoms with Gasteiger partial charge in [0.2, 0.25) is 35.7 Å². The van der Waals surface area contributed by atoms with Crippen molar-refractivity contribution in [2.45, 2.75) is 13.8 Å². The van der Waals surface area contributed by atoms with Gasteiger partial charge in [0.15, 0.2) is 29.0 Å². The first kappa shape index (κ1) is 54.0. The van der Waals surface area contributed by atoms with E-state index in [-0.39, 0.29) is 29.7 Å². The van der Waals surface area contributed by atoms with Crippen molar-refractivity contribution < 1.29 is 23.7 Å². The molecule has 0 radical (unpaired) electrons. The van der Waals surface area contributed by atoms with Crippen molar-refractivity contribution in [3.05, 3.63) is 138 Å². The van der Waals surface area contributed by atoms with Gasteiger partial charge < -0.3 is 62.3 Å². The number of nitrogens with two attached hydrogens (primary N) is 3. The number of likely N-dealkylation sites (N-methyl/N-ethyl adjacent to an activating group) is 1. The fourth-order valence-corrected chi connectivity index (χ4v) is 7.30. The number of halogens is 1. The van der Waals surface area contributed by atoms with Crippen molar-refractivity contribution in [3.8, 4) is 40.5 Å². The number of rotatable bonds is 19. The topological polar surface area (TPSA) is 314 Å². The first-order chi connectivity index (χ1) is 36.9. The predicted molar refractivity (Wildman–Crippen MR) is 291 cm³/mol. The fourth-order valence-electron chi connectivity index (χ4n) is 7.06. The number of para-hydroxylation sites is 1. The lowest BCUT2D eigenvalue weighted by atomic mass is 10.2. The number of amides is 1. The Morgan fingerprint density at radius 3 is 1.50 bits per heavy atom. The smallest absolute Gasteiger partial charge is 0.251 e. The van der Waals surface area contributed by atoms with Crippen LogP contribution in [0.3, 0.4) is 0 Å². The largest absolute Gasteiger partial charge is 0.495 e. The third-order valence-electron chi connectivity index (χ3n) is 10.9. The Labute approximate surface area is 442 Å². The number of methoxy groups -OCH3 is 4. The van der Waals surface area contributed by atoms with E-state index in [1.807, 2.05) is 42.5 Å². The van der Waals surface area contributed by atoms with E-state index in [0.29, 0.717) is 80.9 Å². The van der Waals surface area contributed by atoms with Gasteiger partial charge in [0, 0.05) is 49.0 Å². The Kier molecular flexibility index (Phi) is 18.7. The third kappa shape index (κ3) is 13.8. The molecule has 394 valence electrons. The maximum Gasteiger partial charge on any atom is 0.251 e. The molecule has 0 aliphatic carbocycles. The van der Waals surface area contributed by atoms with E-state index in [1.54, 1.807) is 107 Å². The second-order valence-corrected chi connectivity index (χ2v) is 16.1. The summed E-state index contributed by atoms with van der Waals surface area (Å²) in [5.41, 5.74) is 20.4. The molecule has 0 atom stereocenters. The fraction of sp³-hybridized carbons (Fsp3) is 0.200. The quantitative estimate of drug-likeness (QED) is 0.0442. The molecular weight excluding hydrogens is 996 g/mol. The monoisotopic (exact) mass is 1050 g/mol. The first-order valence-electron chi connectivity index (χ1n) is 23.4. The van der Waals surface area contributed by atoms with Gasteiger partial charge in [-0.3, -0.25) is 4.79 Å². The SMILES string of the molecule is CCN(CC)CCNC(=O)c1ccc(Nc2nc(N)n(-c3ccccn3)n2)cc1.COc1cc(OC)c(Nc2nc(N)n(-c3ccccn3)n2)cc1Cl.COc1cccc(Nc2nc(N)n(-c3ccccn3)n2)c1OC. The molecule has 0 saturated heterocycles. The standard InChI is InChI=1S/C20H26N8O.C15H15ClN6O2.C15H16N6O2/c1-3-27(4-2)14-13-23-18(29)15-8-10-16(11-9-15)24-20-25-19(21)28(26-20)17-7-5-6-12-22-17;1-23-11-8-12(24-2)10(7-9(11)16)19-15-20-14(17)22(21-15)13-5-3-4-6-18-13;1-22-11-7-5-6-10(13(11)23-2)18-15-19-14(16)21(20-15)12-8-3-4-9-17-12/h5-12H,3-4,13-14H2,1-2H3,(H,23,29)(H3,21,24,25,26);3-8H,1-2H3,(H3,17,19,20,21);3-9H,1-2H3,(H3,16,18,19,20). The maximum atomic E-state index is 12.3. The molecule has 0 unspecified atom stereocenters. The van der Waals surface area contributed by atoms with E-state index < -0.39 is 0 Å². The Morgan fingerprint density at radius 1 is 0.566 bits per heavy atom. The molecule has 0 aliphatic heterocycles. The van der Waals surface area contributed by atoms with Crippen LogP contribution < -0.4 is 57.4 Å². The van der Waals surface area contributed by atoms with Crippen LogP contribution in [0, 0.1) is 0 Å². The van der Waals surface area contributed by atoms with Crippen molar-refractivity contribution >= 4 is 70.3 Å². The molecule has 3 aromatic carbocycles. The highest BCUT2D eigenvalue weighted by atomic mass is 35.5. The van der Waals surface area contributed by atoms with Crippen LogP contribution in [0.4, 0.5) is 52.8 Å². The summed E-state index contributed by atoms with van der Waals surface area (Å²) in [6, 6.07) is 32.3. The highest BCUT2D eigenvalue weighted by Crippen LogP contribution is 2.38. The van der Waals surface area contributed by atoms with E-state index in [1.165, 1.54) is 21.2 Å². The zero-order valence-corrected chi connectivity index (χ0v) is 43.2. The summed E-state index contributed by atoms with van der Waals surface area (Å²) in [5, 5.41) is 25.5. The number of carbonyl (C=O) groups is 1. The number of anilines is 9. The molecule has 6 aromatic heterocycles. The summed E-state index contributed by atoms with van der Waals surface area (Å²) < 4.78 is 25.5. The molecule has 0 aliphatic rings. The van der Waals surface area contributed by atoms with Crippen LogP contribution in [-0.4, -0.2) is 125 Å². The van der Waals surface area contributed by atoms with Gasteiger partial charge in [-0.25, -0.2) is 15.0 Å². The summed E-state index contributed by atoms with van der Waals surface area (Å²) in [6.07, 6.45) is 4.97. The summed E-state index contributed by atoms with van der Waals surface area (Å²) in [7, 11) is 6.22. The maximum absolute atomic E-state index is 12.3. The molecule has 25 nitrogen and oxygen atoms in total. The number of nitrogens with one attached hydrogen (secondary N) is 4. The molecule has 76 heavy (non-hydrogen) atoms. The number of pyridine rings is 3. The second kappa shape index (κ2) is 26.3. The van der Waals surface area contributed by atoms with Gasteiger partial charge in [0.25, 0.3) is 5.91 Å². The van der Waals surface area contributed by atoms with Gasteiger partial charge in [0.1, 0.15) is 11.5 Å². The molecule has 9 rings (SSSR count). The summed E-state index contributed by atoms with van der Waals surface area (Å²) >= 11 is 6.16. The van der Waals surface area contributed by atoms with Crippen LogP contribution in [0.15, 0.2) is 128 Å². The number of ether oxygens (including phenoxy) is 4.